The van der Waals surface area contributed by atoms with Gasteiger partial charge in [0.25, 0.3) is 5.91 Å². The Kier molecular flexibility index (Phi) is 3.11. The summed E-state index contributed by atoms with van der Waals surface area (Å²) >= 11 is 1.70. The van der Waals surface area contributed by atoms with Crippen LogP contribution in [-0.2, 0) is 12.8 Å². The predicted molar refractivity (Wildman–Crippen MR) is 87.6 cm³/mol. The number of aryl methyl sites for hydroxylation is 2. The molecule has 114 valence electrons. The van der Waals surface area contributed by atoms with Gasteiger partial charge in [-0.25, -0.2) is 0 Å². The van der Waals surface area contributed by atoms with Crippen LogP contribution in [0.2, 0.25) is 0 Å². The third-order valence-corrected chi connectivity index (χ3v) is 5.67. The van der Waals surface area contributed by atoms with Crippen LogP contribution in [-0.4, -0.2) is 11.0 Å². The Morgan fingerprint density at radius 3 is 2.86 bits per heavy atom. The number of thiophene rings is 1. The summed E-state index contributed by atoms with van der Waals surface area (Å²) in [4.78, 5) is 13.9. The van der Waals surface area contributed by atoms with Crippen molar-refractivity contribution in [3.63, 3.8) is 0 Å². The van der Waals surface area contributed by atoms with Gasteiger partial charge in [0.2, 0.25) is 0 Å². The standard InChI is InChI=1S/C17H18N2O2S/c1-9-6-7-10(12(20)8-9)15-18-16(21)14-11-4-2-3-5-13(11)22-17(14)19-15/h6-8,15,19-20H,2-5H2,1H3,(H,18,21). The molecule has 0 saturated carbocycles. The highest BCUT2D eigenvalue weighted by Gasteiger charge is 2.32. The maximum atomic E-state index is 12.6. The second-order valence-electron chi connectivity index (χ2n) is 6.03. The van der Waals surface area contributed by atoms with Gasteiger partial charge in [-0.05, 0) is 49.8 Å². The van der Waals surface area contributed by atoms with Crippen LogP contribution in [0.1, 0.15) is 50.9 Å². The van der Waals surface area contributed by atoms with Gasteiger partial charge in [-0.2, -0.15) is 0 Å². The zero-order chi connectivity index (χ0) is 15.3. The Balaban J connectivity index is 1.73. The summed E-state index contributed by atoms with van der Waals surface area (Å²) in [7, 11) is 0. The first kappa shape index (κ1) is 13.6. The number of anilines is 1. The normalized spacial score (nSPS) is 19.9. The second kappa shape index (κ2) is 5.02. The lowest BCUT2D eigenvalue weighted by Crippen LogP contribution is -2.38. The van der Waals surface area contributed by atoms with Gasteiger partial charge in [0.1, 0.15) is 16.9 Å². The number of benzene rings is 1. The van der Waals surface area contributed by atoms with E-state index in [0.29, 0.717) is 5.56 Å². The van der Waals surface area contributed by atoms with E-state index < -0.39 is 0 Å². The molecule has 0 radical (unpaired) electrons. The lowest BCUT2D eigenvalue weighted by Gasteiger charge is -2.27. The Bertz CT molecular complexity index is 766. The first-order valence-electron chi connectivity index (χ1n) is 7.65. The van der Waals surface area contributed by atoms with Gasteiger partial charge in [-0.3, -0.25) is 4.79 Å². The number of hydrogen-bond donors (Lipinski definition) is 3. The molecular formula is C17H18N2O2S. The van der Waals surface area contributed by atoms with E-state index in [1.165, 1.54) is 16.9 Å². The summed E-state index contributed by atoms with van der Waals surface area (Å²) in [5.41, 5.74) is 3.75. The van der Waals surface area contributed by atoms with Gasteiger partial charge in [0.05, 0.1) is 5.56 Å². The van der Waals surface area contributed by atoms with Crippen LogP contribution in [0.25, 0.3) is 0 Å². The molecule has 4 nitrogen and oxygen atoms in total. The Morgan fingerprint density at radius 1 is 1.23 bits per heavy atom. The molecule has 0 bridgehead atoms. The fourth-order valence-electron chi connectivity index (χ4n) is 3.33. The third kappa shape index (κ3) is 2.08. The molecule has 0 saturated heterocycles. The number of phenols is 1. The van der Waals surface area contributed by atoms with Crippen molar-refractivity contribution in [2.24, 2.45) is 0 Å². The van der Waals surface area contributed by atoms with E-state index >= 15 is 0 Å². The van der Waals surface area contributed by atoms with E-state index in [9.17, 15) is 9.90 Å². The number of amides is 1. The second-order valence-corrected chi connectivity index (χ2v) is 7.13. The minimum atomic E-state index is -0.374. The molecule has 22 heavy (non-hydrogen) atoms. The van der Waals surface area contributed by atoms with Crippen molar-refractivity contribution in [2.45, 2.75) is 38.8 Å². The van der Waals surface area contributed by atoms with E-state index in [2.05, 4.69) is 10.6 Å². The fourth-order valence-corrected chi connectivity index (χ4v) is 4.65. The molecule has 3 N–H and O–H groups in total. The number of fused-ring (bicyclic) bond motifs is 3. The highest BCUT2D eigenvalue weighted by molar-refractivity contribution is 7.16. The van der Waals surface area contributed by atoms with Crippen molar-refractivity contribution in [1.29, 1.82) is 0 Å². The van der Waals surface area contributed by atoms with Gasteiger partial charge in [-0.1, -0.05) is 12.1 Å². The van der Waals surface area contributed by atoms with Gasteiger partial charge in [-0.15, -0.1) is 11.3 Å². The predicted octanol–water partition coefficient (Wildman–Crippen LogP) is 3.50. The summed E-state index contributed by atoms with van der Waals surface area (Å²) in [6, 6.07) is 5.52. The number of aromatic hydroxyl groups is 1. The maximum absolute atomic E-state index is 12.6. The Morgan fingerprint density at radius 2 is 2.05 bits per heavy atom. The summed E-state index contributed by atoms with van der Waals surface area (Å²) in [5.74, 6) is 0.181. The first-order valence-corrected chi connectivity index (χ1v) is 8.46. The molecule has 1 atom stereocenters. The summed E-state index contributed by atoms with van der Waals surface area (Å²) < 4.78 is 0. The van der Waals surface area contributed by atoms with E-state index in [4.69, 9.17) is 0 Å². The van der Waals surface area contributed by atoms with Crippen molar-refractivity contribution in [1.82, 2.24) is 5.32 Å². The maximum Gasteiger partial charge on any atom is 0.256 e. The number of carbonyl (C=O) groups excluding carboxylic acids is 1. The molecule has 1 unspecified atom stereocenters. The average molecular weight is 314 g/mol. The Hall–Kier alpha value is -2.01. The van der Waals surface area contributed by atoms with E-state index in [1.807, 2.05) is 19.1 Å². The number of carbonyl (C=O) groups is 1. The monoisotopic (exact) mass is 314 g/mol. The average Bonchev–Trinajstić information content (AvgIpc) is 2.85. The molecule has 1 aliphatic carbocycles. The summed E-state index contributed by atoms with van der Waals surface area (Å²) in [6.07, 6.45) is 4.06. The first-order chi connectivity index (χ1) is 10.6. The molecular weight excluding hydrogens is 296 g/mol. The molecule has 2 aliphatic rings. The number of nitrogens with one attached hydrogen (secondary N) is 2. The lowest BCUT2D eigenvalue weighted by atomic mass is 9.94. The van der Waals surface area contributed by atoms with Crippen molar-refractivity contribution in [2.75, 3.05) is 5.32 Å². The Labute approximate surface area is 133 Å². The smallest absolute Gasteiger partial charge is 0.256 e. The van der Waals surface area contributed by atoms with Crippen molar-refractivity contribution in [3.8, 4) is 5.75 Å². The molecule has 5 heteroatoms. The molecule has 1 aromatic heterocycles. The van der Waals surface area contributed by atoms with Crippen LogP contribution in [0.5, 0.6) is 5.75 Å². The molecule has 1 aromatic carbocycles. The highest BCUT2D eigenvalue weighted by atomic mass is 32.1. The lowest BCUT2D eigenvalue weighted by molar-refractivity contribution is 0.0935. The molecule has 0 fully saturated rings. The topological polar surface area (TPSA) is 61.4 Å². The van der Waals surface area contributed by atoms with Gasteiger partial charge >= 0.3 is 0 Å². The zero-order valence-corrected chi connectivity index (χ0v) is 13.2. The van der Waals surface area contributed by atoms with Crippen molar-refractivity contribution < 1.29 is 9.90 Å². The summed E-state index contributed by atoms with van der Waals surface area (Å²) in [5, 5.41) is 17.5. The van der Waals surface area contributed by atoms with E-state index in [1.54, 1.807) is 17.4 Å². The number of phenolic OH excluding ortho intramolecular Hbond substituents is 1. The highest BCUT2D eigenvalue weighted by Crippen LogP contribution is 2.42. The van der Waals surface area contributed by atoms with Crippen molar-refractivity contribution >= 4 is 22.2 Å². The SMILES string of the molecule is Cc1ccc(C2NC(=O)c3c(sc4c3CCCC4)N2)c(O)c1. The minimum absolute atomic E-state index is 0.0295. The van der Waals surface area contributed by atoms with Crippen LogP contribution in [0.4, 0.5) is 5.00 Å². The molecule has 1 amide bonds. The summed E-state index contributed by atoms with van der Waals surface area (Å²) in [6.45, 7) is 1.93. The van der Waals surface area contributed by atoms with Crippen LogP contribution in [0.3, 0.4) is 0 Å². The number of hydrogen-bond acceptors (Lipinski definition) is 4. The van der Waals surface area contributed by atoms with Crippen LogP contribution < -0.4 is 10.6 Å². The van der Waals surface area contributed by atoms with E-state index in [0.717, 1.165) is 35.4 Å². The molecule has 4 rings (SSSR count). The quantitative estimate of drug-likeness (QED) is 0.755. The van der Waals surface area contributed by atoms with E-state index in [-0.39, 0.29) is 17.8 Å². The molecule has 1 aliphatic heterocycles. The van der Waals surface area contributed by atoms with Gasteiger partial charge < -0.3 is 15.7 Å². The number of rotatable bonds is 1. The van der Waals surface area contributed by atoms with Crippen LogP contribution >= 0.6 is 11.3 Å². The van der Waals surface area contributed by atoms with Crippen LogP contribution in [0, 0.1) is 6.92 Å². The minimum Gasteiger partial charge on any atom is -0.508 e. The van der Waals surface area contributed by atoms with Gasteiger partial charge in [0.15, 0.2) is 0 Å². The molecule has 2 heterocycles. The largest absolute Gasteiger partial charge is 0.508 e. The third-order valence-electron chi connectivity index (χ3n) is 4.45. The zero-order valence-electron chi connectivity index (χ0n) is 12.4. The van der Waals surface area contributed by atoms with Crippen LogP contribution in [0.15, 0.2) is 18.2 Å². The molecule has 2 aromatic rings. The fraction of sp³-hybridized carbons (Fsp3) is 0.353. The van der Waals surface area contributed by atoms with Gasteiger partial charge in [0, 0.05) is 10.4 Å². The van der Waals surface area contributed by atoms with Crippen molar-refractivity contribution in [3.05, 3.63) is 45.3 Å². The molecule has 0 spiro atoms.